The van der Waals surface area contributed by atoms with Crippen molar-refractivity contribution in [1.82, 2.24) is 0 Å². The SMILES string of the molecule is COc1cccc(CCC(O)CO)c1OCc1cccc(C)c1. The molecule has 4 nitrogen and oxygen atoms in total. The lowest BCUT2D eigenvalue weighted by Gasteiger charge is -2.16. The highest BCUT2D eigenvalue weighted by Crippen LogP contribution is 2.32. The van der Waals surface area contributed by atoms with Gasteiger partial charge in [-0.1, -0.05) is 42.0 Å². The summed E-state index contributed by atoms with van der Waals surface area (Å²) in [5.74, 6) is 1.37. The molecule has 0 aliphatic heterocycles. The van der Waals surface area contributed by atoms with Crippen molar-refractivity contribution < 1.29 is 19.7 Å². The van der Waals surface area contributed by atoms with E-state index < -0.39 is 6.10 Å². The molecule has 2 N–H and O–H groups in total. The van der Waals surface area contributed by atoms with Crippen molar-refractivity contribution in [2.24, 2.45) is 0 Å². The number of hydrogen-bond acceptors (Lipinski definition) is 4. The van der Waals surface area contributed by atoms with Crippen molar-refractivity contribution in [2.75, 3.05) is 13.7 Å². The summed E-state index contributed by atoms with van der Waals surface area (Å²) in [4.78, 5) is 0. The number of aliphatic hydroxyl groups is 2. The smallest absolute Gasteiger partial charge is 0.164 e. The Bertz CT molecular complexity index is 625. The Morgan fingerprint density at radius 2 is 1.91 bits per heavy atom. The molecule has 0 bridgehead atoms. The van der Waals surface area contributed by atoms with Crippen LogP contribution in [0.1, 0.15) is 23.1 Å². The molecule has 23 heavy (non-hydrogen) atoms. The van der Waals surface area contributed by atoms with E-state index in [-0.39, 0.29) is 6.61 Å². The van der Waals surface area contributed by atoms with Crippen LogP contribution in [-0.2, 0) is 13.0 Å². The maximum absolute atomic E-state index is 9.55. The largest absolute Gasteiger partial charge is 0.493 e. The molecule has 0 spiro atoms. The summed E-state index contributed by atoms with van der Waals surface area (Å²) in [6.45, 7) is 2.27. The maximum Gasteiger partial charge on any atom is 0.164 e. The molecule has 0 fully saturated rings. The van der Waals surface area contributed by atoms with Gasteiger partial charge in [0.25, 0.3) is 0 Å². The zero-order valence-electron chi connectivity index (χ0n) is 13.7. The van der Waals surface area contributed by atoms with Crippen molar-refractivity contribution in [1.29, 1.82) is 0 Å². The Kier molecular flexibility index (Phi) is 6.44. The van der Waals surface area contributed by atoms with Crippen LogP contribution in [0.25, 0.3) is 0 Å². The van der Waals surface area contributed by atoms with Crippen LogP contribution in [-0.4, -0.2) is 30.0 Å². The Morgan fingerprint density at radius 1 is 1.13 bits per heavy atom. The van der Waals surface area contributed by atoms with Gasteiger partial charge in [-0.3, -0.25) is 0 Å². The second kappa shape index (κ2) is 8.56. The average Bonchev–Trinajstić information content (AvgIpc) is 2.57. The highest BCUT2D eigenvalue weighted by atomic mass is 16.5. The minimum atomic E-state index is -0.717. The summed E-state index contributed by atoms with van der Waals surface area (Å²) in [6.07, 6.45) is 0.373. The van der Waals surface area contributed by atoms with E-state index in [1.165, 1.54) is 5.56 Å². The molecule has 0 amide bonds. The van der Waals surface area contributed by atoms with Gasteiger partial charge in [0.05, 0.1) is 19.8 Å². The Hall–Kier alpha value is -2.04. The number of aryl methyl sites for hydroxylation is 2. The Morgan fingerprint density at radius 3 is 2.61 bits per heavy atom. The predicted octanol–water partition coefficient (Wildman–Crippen LogP) is 2.87. The van der Waals surface area contributed by atoms with Crippen LogP contribution in [0.4, 0.5) is 0 Å². The van der Waals surface area contributed by atoms with E-state index in [1.807, 2.05) is 43.3 Å². The van der Waals surface area contributed by atoms with Gasteiger partial charge in [0.2, 0.25) is 0 Å². The first-order chi connectivity index (χ1) is 11.1. The lowest BCUT2D eigenvalue weighted by Crippen LogP contribution is -2.13. The van der Waals surface area contributed by atoms with E-state index in [0.717, 1.165) is 11.1 Å². The van der Waals surface area contributed by atoms with Gasteiger partial charge in [0, 0.05) is 0 Å². The van der Waals surface area contributed by atoms with Crippen LogP contribution in [0.15, 0.2) is 42.5 Å². The molecule has 0 aliphatic carbocycles. The van der Waals surface area contributed by atoms with Crippen molar-refractivity contribution >= 4 is 0 Å². The number of methoxy groups -OCH3 is 1. The van der Waals surface area contributed by atoms with Crippen molar-refractivity contribution in [3.8, 4) is 11.5 Å². The lowest BCUT2D eigenvalue weighted by atomic mass is 10.1. The Labute approximate surface area is 137 Å². The molecule has 1 atom stereocenters. The molecule has 4 heteroatoms. The first kappa shape index (κ1) is 17.3. The first-order valence-corrected chi connectivity index (χ1v) is 7.77. The normalized spacial score (nSPS) is 12.0. The third-order valence-corrected chi connectivity index (χ3v) is 3.70. The quantitative estimate of drug-likeness (QED) is 0.786. The topological polar surface area (TPSA) is 58.9 Å². The number of para-hydroxylation sites is 1. The van der Waals surface area contributed by atoms with Gasteiger partial charge in [-0.15, -0.1) is 0 Å². The fraction of sp³-hybridized carbons (Fsp3) is 0.368. The summed E-state index contributed by atoms with van der Waals surface area (Å²) in [5.41, 5.74) is 3.25. The van der Waals surface area contributed by atoms with E-state index in [1.54, 1.807) is 7.11 Å². The highest BCUT2D eigenvalue weighted by molar-refractivity contribution is 5.47. The molecule has 0 radical (unpaired) electrons. The van der Waals surface area contributed by atoms with Crippen LogP contribution in [0.3, 0.4) is 0 Å². The van der Waals surface area contributed by atoms with Crippen LogP contribution >= 0.6 is 0 Å². The van der Waals surface area contributed by atoms with Gasteiger partial charge >= 0.3 is 0 Å². The van der Waals surface area contributed by atoms with Crippen LogP contribution in [0.5, 0.6) is 11.5 Å². The van der Waals surface area contributed by atoms with Crippen LogP contribution in [0, 0.1) is 6.92 Å². The molecule has 0 saturated heterocycles. The molecular weight excluding hydrogens is 292 g/mol. The molecule has 124 valence electrons. The molecule has 0 aromatic heterocycles. The van der Waals surface area contributed by atoms with E-state index in [9.17, 15) is 5.11 Å². The molecule has 2 aromatic rings. The third-order valence-electron chi connectivity index (χ3n) is 3.70. The number of hydrogen-bond donors (Lipinski definition) is 2. The minimum absolute atomic E-state index is 0.233. The number of rotatable bonds is 8. The standard InChI is InChI=1S/C19H24O4/c1-14-5-3-6-15(11-14)13-23-19-16(9-10-17(21)12-20)7-4-8-18(19)22-2/h3-8,11,17,20-21H,9-10,12-13H2,1-2H3. The van der Waals surface area contributed by atoms with Gasteiger partial charge in [-0.25, -0.2) is 0 Å². The monoisotopic (exact) mass is 316 g/mol. The minimum Gasteiger partial charge on any atom is -0.493 e. The van der Waals surface area contributed by atoms with Crippen molar-refractivity contribution in [3.63, 3.8) is 0 Å². The van der Waals surface area contributed by atoms with Crippen molar-refractivity contribution in [3.05, 3.63) is 59.2 Å². The van der Waals surface area contributed by atoms with Crippen LogP contribution < -0.4 is 9.47 Å². The van der Waals surface area contributed by atoms with E-state index in [4.69, 9.17) is 14.6 Å². The second-order valence-electron chi connectivity index (χ2n) is 5.60. The molecule has 2 aromatic carbocycles. The molecule has 1 unspecified atom stereocenters. The van der Waals surface area contributed by atoms with Gasteiger partial charge in [0.1, 0.15) is 6.61 Å². The predicted molar refractivity (Wildman–Crippen MR) is 89.9 cm³/mol. The lowest BCUT2D eigenvalue weighted by molar-refractivity contribution is 0.0883. The summed E-state index contributed by atoms with van der Waals surface area (Å²) >= 11 is 0. The average molecular weight is 316 g/mol. The van der Waals surface area contributed by atoms with Gasteiger partial charge in [0.15, 0.2) is 11.5 Å². The van der Waals surface area contributed by atoms with Crippen molar-refractivity contribution in [2.45, 2.75) is 32.5 Å². The molecule has 0 aliphatic rings. The van der Waals surface area contributed by atoms with Gasteiger partial charge in [-0.2, -0.15) is 0 Å². The zero-order chi connectivity index (χ0) is 16.7. The number of benzene rings is 2. The zero-order valence-corrected chi connectivity index (χ0v) is 13.7. The number of ether oxygens (including phenoxy) is 2. The molecule has 2 rings (SSSR count). The molecule has 0 heterocycles. The fourth-order valence-electron chi connectivity index (χ4n) is 2.45. The van der Waals surface area contributed by atoms with E-state index >= 15 is 0 Å². The molecular formula is C19H24O4. The maximum atomic E-state index is 9.55. The number of aliphatic hydroxyl groups excluding tert-OH is 2. The summed E-state index contributed by atoms with van der Waals surface area (Å²) in [5, 5.41) is 18.5. The summed E-state index contributed by atoms with van der Waals surface area (Å²) < 4.78 is 11.4. The highest BCUT2D eigenvalue weighted by Gasteiger charge is 2.12. The fourth-order valence-corrected chi connectivity index (χ4v) is 2.45. The second-order valence-corrected chi connectivity index (χ2v) is 5.60. The van der Waals surface area contributed by atoms with Gasteiger partial charge < -0.3 is 19.7 Å². The van der Waals surface area contributed by atoms with E-state index in [0.29, 0.717) is 30.9 Å². The van der Waals surface area contributed by atoms with Gasteiger partial charge in [-0.05, 0) is 37.0 Å². The summed E-state index contributed by atoms with van der Waals surface area (Å²) in [7, 11) is 1.61. The third kappa shape index (κ3) is 4.98. The van der Waals surface area contributed by atoms with E-state index in [2.05, 4.69) is 6.07 Å². The Balaban J connectivity index is 2.14. The molecule has 0 saturated carbocycles. The van der Waals surface area contributed by atoms with Crippen LogP contribution in [0.2, 0.25) is 0 Å². The first-order valence-electron chi connectivity index (χ1n) is 7.77. The summed E-state index contributed by atoms with van der Waals surface area (Å²) in [6, 6.07) is 13.9.